The fourth-order valence-corrected chi connectivity index (χ4v) is 3.62. The first-order valence-electron chi connectivity index (χ1n) is 6.93. The number of aliphatic hydroxyl groups is 1. The topological polar surface area (TPSA) is 20.2 Å². The Balaban J connectivity index is 1.97. The van der Waals surface area contributed by atoms with E-state index in [1.54, 1.807) is 0 Å². The number of aliphatic hydroxyl groups excluding tert-OH is 1. The third kappa shape index (κ3) is 2.51. The molecule has 1 fully saturated rings. The summed E-state index contributed by atoms with van der Waals surface area (Å²) in [6, 6.07) is 0. The molecule has 1 saturated carbocycles. The summed E-state index contributed by atoms with van der Waals surface area (Å²) in [6.07, 6.45) is 13.1. The summed E-state index contributed by atoms with van der Waals surface area (Å²) in [5.74, 6) is 1.69. The molecule has 0 spiro atoms. The summed E-state index contributed by atoms with van der Waals surface area (Å²) in [7, 11) is 0. The van der Waals surface area contributed by atoms with Crippen LogP contribution in [0.3, 0.4) is 0 Å². The maximum atomic E-state index is 9.59. The third-order valence-electron chi connectivity index (χ3n) is 5.07. The van der Waals surface area contributed by atoms with Crippen LogP contribution in [0.2, 0.25) is 0 Å². The van der Waals surface area contributed by atoms with Gasteiger partial charge in [0.1, 0.15) is 0 Å². The number of hydrogen-bond donors (Lipinski definition) is 1. The molecule has 0 aromatic carbocycles. The van der Waals surface area contributed by atoms with E-state index in [0.717, 1.165) is 24.7 Å². The molecule has 1 nitrogen and oxygen atoms in total. The molecule has 16 heavy (non-hydrogen) atoms. The summed E-state index contributed by atoms with van der Waals surface area (Å²) in [5.41, 5.74) is 0.463. The van der Waals surface area contributed by atoms with Crippen LogP contribution in [-0.2, 0) is 0 Å². The first kappa shape index (κ1) is 12.2. The molecular formula is C15H26O. The van der Waals surface area contributed by atoms with E-state index < -0.39 is 0 Å². The highest BCUT2D eigenvalue weighted by atomic mass is 16.3. The molecule has 0 amide bonds. The number of rotatable bonds is 2. The molecule has 2 aliphatic carbocycles. The average molecular weight is 222 g/mol. The van der Waals surface area contributed by atoms with E-state index >= 15 is 0 Å². The minimum Gasteiger partial charge on any atom is -0.393 e. The van der Waals surface area contributed by atoms with E-state index in [9.17, 15) is 5.11 Å². The van der Waals surface area contributed by atoms with Crippen molar-refractivity contribution in [2.75, 3.05) is 0 Å². The quantitative estimate of drug-likeness (QED) is 0.702. The van der Waals surface area contributed by atoms with Crippen molar-refractivity contribution in [2.24, 2.45) is 17.3 Å². The molecular weight excluding hydrogens is 196 g/mol. The summed E-state index contributed by atoms with van der Waals surface area (Å²) in [5, 5.41) is 9.59. The van der Waals surface area contributed by atoms with Crippen molar-refractivity contribution in [2.45, 2.75) is 64.9 Å². The van der Waals surface area contributed by atoms with Gasteiger partial charge in [-0.3, -0.25) is 0 Å². The number of hydrogen-bond acceptors (Lipinski definition) is 1. The zero-order valence-corrected chi connectivity index (χ0v) is 10.8. The third-order valence-corrected chi connectivity index (χ3v) is 5.07. The minimum absolute atomic E-state index is 0.0155. The second-order valence-electron chi connectivity index (χ2n) is 6.31. The van der Waals surface area contributed by atoms with Gasteiger partial charge in [-0.15, -0.1) is 0 Å². The Morgan fingerprint density at radius 1 is 0.938 bits per heavy atom. The first-order chi connectivity index (χ1) is 7.60. The standard InChI is InChI=1S/C15H26O/c1-15(2,12-6-4-3-5-7-12)13-8-10-14(16)11-9-13/h3-4,12-14,16H,5-11H2,1-2H3. The van der Waals surface area contributed by atoms with Crippen LogP contribution in [-0.4, -0.2) is 11.2 Å². The molecule has 2 aliphatic rings. The Bertz CT molecular complexity index is 246. The zero-order valence-electron chi connectivity index (χ0n) is 10.8. The maximum Gasteiger partial charge on any atom is 0.0540 e. The minimum atomic E-state index is -0.0155. The molecule has 1 atom stereocenters. The van der Waals surface area contributed by atoms with E-state index in [4.69, 9.17) is 0 Å². The molecule has 0 radical (unpaired) electrons. The monoisotopic (exact) mass is 222 g/mol. The van der Waals surface area contributed by atoms with Crippen molar-refractivity contribution in [3.8, 4) is 0 Å². The van der Waals surface area contributed by atoms with Crippen LogP contribution in [0.15, 0.2) is 12.2 Å². The second kappa shape index (κ2) is 4.91. The van der Waals surface area contributed by atoms with Gasteiger partial charge in [0, 0.05) is 0 Å². The molecule has 0 aromatic heterocycles. The molecule has 1 N–H and O–H groups in total. The molecule has 1 unspecified atom stereocenters. The lowest BCUT2D eigenvalue weighted by Gasteiger charge is -2.44. The fourth-order valence-electron chi connectivity index (χ4n) is 3.62. The molecule has 0 bridgehead atoms. The predicted molar refractivity (Wildman–Crippen MR) is 68.2 cm³/mol. The fraction of sp³-hybridized carbons (Fsp3) is 0.867. The maximum absolute atomic E-state index is 9.59. The van der Waals surface area contributed by atoms with Gasteiger partial charge in [-0.2, -0.15) is 0 Å². The van der Waals surface area contributed by atoms with Gasteiger partial charge in [-0.25, -0.2) is 0 Å². The predicted octanol–water partition coefficient (Wildman–Crippen LogP) is 3.92. The van der Waals surface area contributed by atoms with Crippen molar-refractivity contribution in [3.63, 3.8) is 0 Å². The summed E-state index contributed by atoms with van der Waals surface area (Å²) in [4.78, 5) is 0. The van der Waals surface area contributed by atoms with Gasteiger partial charge in [0.2, 0.25) is 0 Å². The molecule has 0 saturated heterocycles. The Labute approximate surface area is 99.9 Å². The lowest BCUT2D eigenvalue weighted by Crippen LogP contribution is -2.36. The Morgan fingerprint density at radius 2 is 1.62 bits per heavy atom. The van der Waals surface area contributed by atoms with Crippen LogP contribution in [0.5, 0.6) is 0 Å². The Kier molecular flexibility index (Phi) is 3.73. The second-order valence-corrected chi connectivity index (χ2v) is 6.31. The van der Waals surface area contributed by atoms with Crippen LogP contribution in [0.4, 0.5) is 0 Å². The average Bonchev–Trinajstić information content (AvgIpc) is 2.31. The van der Waals surface area contributed by atoms with Crippen molar-refractivity contribution in [1.82, 2.24) is 0 Å². The van der Waals surface area contributed by atoms with Crippen LogP contribution in [0, 0.1) is 17.3 Å². The SMILES string of the molecule is CC(C)(C1CC=CCC1)C1CCC(O)CC1. The van der Waals surface area contributed by atoms with Crippen molar-refractivity contribution >= 4 is 0 Å². The van der Waals surface area contributed by atoms with Gasteiger partial charge in [-0.1, -0.05) is 26.0 Å². The molecule has 0 aromatic rings. The number of allylic oxidation sites excluding steroid dienone is 2. The summed E-state index contributed by atoms with van der Waals surface area (Å²) >= 11 is 0. The highest BCUT2D eigenvalue weighted by Gasteiger charge is 2.38. The molecule has 1 heteroatoms. The molecule has 92 valence electrons. The van der Waals surface area contributed by atoms with Crippen molar-refractivity contribution < 1.29 is 5.11 Å². The van der Waals surface area contributed by atoms with Gasteiger partial charge >= 0.3 is 0 Å². The largest absolute Gasteiger partial charge is 0.393 e. The van der Waals surface area contributed by atoms with Crippen molar-refractivity contribution in [3.05, 3.63) is 12.2 Å². The van der Waals surface area contributed by atoms with Crippen LogP contribution < -0.4 is 0 Å². The van der Waals surface area contributed by atoms with Gasteiger partial charge in [-0.05, 0) is 62.2 Å². The molecule has 0 aliphatic heterocycles. The van der Waals surface area contributed by atoms with Gasteiger partial charge < -0.3 is 5.11 Å². The van der Waals surface area contributed by atoms with E-state index in [2.05, 4.69) is 26.0 Å². The van der Waals surface area contributed by atoms with Gasteiger partial charge in [0.25, 0.3) is 0 Å². The van der Waals surface area contributed by atoms with Crippen LogP contribution in [0.1, 0.15) is 58.8 Å². The zero-order chi connectivity index (χ0) is 11.6. The smallest absolute Gasteiger partial charge is 0.0540 e. The van der Waals surface area contributed by atoms with Gasteiger partial charge in [0.05, 0.1) is 6.10 Å². The summed E-state index contributed by atoms with van der Waals surface area (Å²) in [6.45, 7) is 4.92. The van der Waals surface area contributed by atoms with Gasteiger partial charge in [0.15, 0.2) is 0 Å². The first-order valence-corrected chi connectivity index (χ1v) is 6.93. The van der Waals surface area contributed by atoms with E-state index in [-0.39, 0.29) is 6.10 Å². The normalized spacial score (nSPS) is 36.3. The van der Waals surface area contributed by atoms with Crippen molar-refractivity contribution in [1.29, 1.82) is 0 Å². The lowest BCUT2D eigenvalue weighted by molar-refractivity contribution is 0.0312. The van der Waals surface area contributed by atoms with E-state index in [0.29, 0.717) is 5.41 Å². The highest BCUT2D eigenvalue weighted by Crippen LogP contribution is 2.47. The van der Waals surface area contributed by atoms with Crippen LogP contribution >= 0.6 is 0 Å². The van der Waals surface area contributed by atoms with Crippen LogP contribution in [0.25, 0.3) is 0 Å². The Hall–Kier alpha value is -0.300. The summed E-state index contributed by atoms with van der Waals surface area (Å²) < 4.78 is 0. The molecule has 2 rings (SSSR count). The highest BCUT2D eigenvalue weighted by molar-refractivity contribution is 4.97. The lowest BCUT2D eigenvalue weighted by atomic mass is 9.61. The molecule has 0 heterocycles. The Morgan fingerprint density at radius 3 is 2.19 bits per heavy atom. The van der Waals surface area contributed by atoms with E-state index in [1.165, 1.54) is 32.1 Å². The van der Waals surface area contributed by atoms with E-state index in [1.807, 2.05) is 0 Å².